The number of allylic oxidation sites excluding steroid dienone is 1. The predicted molar refractivity (Wildman–Crippen MR) is 183 cm³/mol. The van der Waals surface area contributed by atoms with Crippen LogP contribution in [-0.4, -0.2) is 111 Å². The van der Waals surface area contributed by atoms with E-state index in [0.29, 0.717) is 62.8 Å². The van der Waals surface area contributed by atoms with Gasteiger partial charge in [0, 0.05) is 60.4 Å². The van der Waals surface area contributed by atoms with Gasteiger partial charge in [-0.1, -0.05) is 26.0 Å². The first kappa shape index (κ1) is 35.6. The summed E-state index contributed by atoms with van der Waals surface area (Å²) in [6, 6.07) is 8.67. The number of phenols is 2. The van der Waals surface area contributed by atoms with Gasteiger partial charge >= 0.3 is 0 Å². The van der Waals surface area contributed by atoms with Crippen molar-refractivity contribution in [1.82, 2.24) is 24.9 Å². The number of benzene rings is 2. The highest BCUT2D eigenvalue weighted by molar-refractivity contribution is 5.55. The van der Waals surface area contributed by atoms with Gasteiger partial charge in [-0.2, -0.15) is 0 Å². The fourth-order valence-electron chi connectivity index (χ4n) is 6.56. The lowest BCUT2D eigenvalue weighted by atomic mass is 9.62. The molecule has 0 heterocycles. The normalized spacial score (nSPS) is 17.2. The molecule has 0 aromatic heterocycles. The Hall–Kier alpha value is -2.88. The summed E-state index contributed by atoms with van der Waals surface area (Å²) in [5.41, 5.74) is 7.20. The topological polar surface area (TPSA) is 85.7 Å². The van der Waals surface area contributed by atoms with Crippen LogP contribution in [0.3, 0.4) is 0 Å². The third kappa shape index (κ3) is 8.03. The Morgan fingerprint density at radius 2 is 1.16 bits per heavy atom. The molecule has 0 radical (unpaired) electrons. The Morgan fingerprint density at radius 3 is 1.61 bits per heavy atom. The molecule has 2 aromatic rings. The first-order valence-electron chi connectivity index (χ1n) is 15.7. The molecule has 3 rings (SSSR count). The van der Waals surface area contributed by atoms with Gasteiger partial charge in [-0.05, 0) is 123 Å². The van der Waals surface area contributed by atoms with Crippen LogP contribution < -0.4 is 5.32 Å². The first-order chi connectivity index (χ1) is 20.6. The Bertz CT molecular complexity index is 1360. The lowest BCUT2D eigenvalue weighted by Gasteiger charge is -2.42. The molecule has 1 aliphatic rings. The molecule has 2 atom stereocenters. The molecule has 0 aliphatic heterocycles. The first-order valence-corrected chi connectivity index (χ1v) is 15.7. The molecule has 4 N–H and O–H groups in total. The van der Waals surface area contributed by atoms with E-state index in [1.165, 1.54) is 0 Å². The average molecular weight is 608 g/mol. The molecular weight excluding hydrogens is 550 g/mol. The zero-order chi connectivity index (χ0) is 32.9. The van der Waals surface area contributed by atoms with Crippen LogP contribution in [0.1, 0.15) is 53.6 Å². The molecule has 244 valence electrons. The summed E-state index contributed by atoms with van der Waals surface area (Å²) in [6.07, 6.45) is 3.67. The highest BCUT2D eigenvalue weighted by atomic mass is 16.3. The molecule has 8 heteroatoms. The second kappa shape index (κ2) is 14.9. The van der Waals surface area contributed by atoms with Crippen molar-refractivity contribution in [3.8, 4) is 11.5 Å². The number of nitrogens with one attached hydrogen (secondary N) is 1. The maximum Gasteiger partial charge on any atom is 0.124 e. The number of nitrogens with zero attached hydrogens (tertiary/aromatic N) is 4. The Kier molecular flexibility index (Phi) is 12.1. The van der Waals surface area contributed by atoms with E-state index in [4.69, 9.17) is 0 Å². The van der Waals surface area contributed by atoms with Gasteiger partial charge in [0.25, 0.3) is 0 Å². The van der Waals surface area contributed by atoms with Gasteiger partial charge in [0.05, 0.1) is 0 Å². The molecule has 0 saturated heterocycles. The average Bonchev–Trinajstić information content (AvgIpc) is 2.92. The summed E-state index contributed by atoms with van der Waals surface area (Å²) in [5.74, 6) is 1.09. The van der Waals surface area contributed by atoms with Gasteiger partial charge in [-0.25, -0.2) is 0 Å². The fourth-order valence-corrected chi connectivity index (χ4v) is 6.56. The Balaban J connectivity index is 2.44. The van der Waals surface area contributed by atoms with Gasteiger partial charge in [0.15, 0.2) is 0 Å². The monoisotopic (exact) mass is 607 g/mol. The number of aromatic hydroxyl groups is 2. The summed E-state index contributed by atoms with van der Waals surface area (Å²) in [7, 11) is 18.1. The lowest BCUT2D eigenvalue weighted by molar-refractivity contribution is 0.325. The molecular formula is C36H57N5O3. The van der Waals surface area contributed by atoms with Gasteiger partial charge in [0.2, 0.25) is 0 Å². The van der Waals surface area contributed by atoms with E-state index >= 15 is 0 Å². The van der Waals surface area contributed by atoms with Crippen LogP contribution in [-0.2, 0) is 31.5 Å². The molecule has 2 aromatic carbocycles. The second-order valence-electron chi connectivity index (χ2n) is 13.8. The van der Waals surface area contributed by atoms with Crippen LogP contribution in [0.25, 0.3) is 0 Å². The summed E-state index contributed by atoms with van der Waals surface area (Å²) in [5, 5.41) is 37.4. The number of hydrogen-bond acceptors (Lipinski definition) is 8. The van der Waals surface area contributed by atoms with Crippen molar-refractivity contribution >= 4 is 0 Å². The van der Waals surface area contributed by atoms with Crippen LogP contribution in [0, 0.1) is 5.92 Å². The van der Waals surface area contributed by atoms with Crippen LogP contribution in [0.15, 0.2) is 47.2 Å². The number of rotatable bonds is 14. The van der Waals surface area contributed by atoms with Crippen molar-refractivity contribution in [2.75, 3.05) is 76.5 Å². The van der Waals surface area contributed by atoms with E-state index in [2.05, 4.69) is 69.1 Å². The lowest BCUT2D eigenvalue weighted by Crippen LogP contribution is -2.37. The van der Waals surface area contributed by atoms with Gasteiger partial charge in [-0.15, -0.1) is 0 Å². The van der Waals surface area contributed by atoms with Crippen molar-refractivity contribution in [1.29, 1.82) is 0 Å². The molecule has 0 fully saturated rings. The standard InChI is InChI=1S/C36H57N5O3/c1-12-24-13-30(15-26(33(24)42)20-38(4)5)36(2,31-14-25(19-37-3)34(43)27(16-31)21-39(6)7)32-17-28(22-40(8)9)35(44)29(18-32)23-41(10)11/h13-17,32,37,42-44H,12,18-23H2,1-11H3. The number of aliphatic hydroxyl groups excluding tert-OH is 1. The van der Waals surface area contributed by atoms with Crippen LogP contribution >= 0.6 is 0 Å². The van der Waals surface area contributed by atoms with Gasteiger partial charge < -0.3 is 40.2 Å². The molecule has 2 unspecified atom stereocenters. The Morgan fingerprint density at radius 1 is 0.705 bits per heavy atom. The van der Waals surface area contributed by atoms with E-state index in [-0.39, 0.29) is 5.92 Å². The van der Waals surface area contributed by atoms with E-state index in [9.17, 15) is 15.3 Å². The summed E-state index contributed by atoms with van der Waals surface area (Å²) >= 11 is 0. The SMILES string of the molecule is CCc1cc(C(C)(c2cc(CNC)c(O)c(CN(C)C)c2)C2C=C(CN(C)C)C(O)=C(CN(C)C)C2)cc(CN(C)C)c1O. The number of phenolic OH excluding ortho intramolecular Hbond substituents is 2. The molecule has 8 nitrogen and oxygen atoms in total. The fraction of sp³-hybridized carbons (Fsp3) is 0.556. The molecule has 0 bridgehead atoms. The smallest absolute Gasteiger partial charge is 0.124 e. The third-order valence-corrected chi connectivity index (χ3v) is 8.70. The molecule has 44 heavy (non-hydrogen) atoms. The number of aryl methyl sites for hydroxylation is 1. The van der Waals surface area contributed by atoms with Crippen molar-refractivity contribution < 1.29 is 15.3 Å². The predicted octanol–water partition coefficient (Wildman–Crippen LogP) is 4.69. The summed E-state index contributed by atoms with van der Waals surface area (Å²) in [6.45, 7) is 7.44. The summed E-state index contributed by atoms with van der Waals surface area (Å²) < 4.78 is 0. The molecule has 0 saturated carbocycles. The second-order valence-corrected chi connectivity index (χ2v) is 13.8. The number of hydrogen-bond donors (Lipinski definition) is 4. The van der Waals surface area contributed by atoms with E-state index in [0.717, 1.165) is 44.5 Å². The van der Waals surface area contributed by atoms with Crippen LogP contribution in [0.2, 0.25) is 0 Å². The highest BCUT2D eigenvalue weighted by Crippen LogP contribution is 2.48. The van der Waals surface area contributed by atoms with Crippen molar-refractivity contribution in [3.05, 3.63) is 80.6 Å². The van der Waals surface area contributed by atoms with Crippen LogP contribution in [0.4, 0.5) is 0 Å². The molecule has 0 spiro atoms. The maximum absolute atomic E-state index is 11.5. The zero-order valence-electron chi connectivity index (χ0n) is 29.0. The summed E-state index contributed by atoms with van der Waals surface area (Å²) in [4.78, 5) is 8.38. The minimum atomic E-state index is -0.550. The van der Waals surface area contributed by atoms with Gasteiger partial charge in [0.1, 0.15) is 17.3 Å². The highest BCUT2D eigenvalue weighted by Gasteiger charge is 2.41. The molecule has 0 amide bonds. The van der Waals surface area contributed by atoms with E-state index in [1.54, 1.807) is 0 Å². The van der Waals surface area contributed by atoms with E-state index < -0.39 is 5.41 Å². The minimum Gasteiger partial charge on any atom is -0.508 e. The minimum absolute atomic E-state index is 0.00365. The molecule has 1 aliphatic carbocycles. The van der Waals surface area contributed by atoms with E-state index in [1.807, 2.05) is 63.4 Å². The largest absolute Gasteiger partial charge is 0.508 e. The number of likely N-dealkylation sites (N-methyl/N-ethyl adjacent to an activating group) is 2. The maximum atomic E-state index is 11.5. The third-order valence-electron chi connectivity index (χ3n) is 8.70. The van der Waals surface area contributed by atoms with Crippen LogP contribution in [0.5, 0.6) is 11.5 Å². The Labute approximate surface area is 266 Å². The van der Waals surface area contributed by atoms with Crippen molar-refractivity contribution in [2.45, 2.75) is 51.7 Å². The number of aliphatic hydroxyl groups is 1. The van der Waals surface area contributed by atoms with Crippen molar-refractivity contribution in [2.24, 2.45) is 5.92 Å². The quantitative estimate of drug-likeness (QED) is 0.246. The van der Waals surface area contributed by atoms with Crippen molar-refractivity contribution in [3.63, 3.8) is 0 Å². The van der Waals surface area contributed by atoms with Gasteiger partial charge in [-0.3, -0.25) is 0 Å². The zero-order valence-corrected chi connectivity index (χ0v) is 29.0.